The van der Waals surface area contributed by atoms with E-state index in [2.05, 4.69) is 23.3 Å². The summed E-state index contributed by atoms with van der Waals surface area (Å²) in [7, 11) is -0.341. The maximum atomic E-state index is 12.4. The number of sulfonamides is 1. The monoisotopic (exact) mass is 378 g/mol. The van der Waals surface area contributed by atoms with Crippen molar-refractivity contribution in [1.82, 2.24) is 18.8 Å². The molecule has 1 aromatic heterocycles. The average molecular weight is 379 g/mol. The first-order valence-electron chi connectivity index (χ1n) is 9.50. The van der Waals surface area contributed by atoms with Gasteiger partial charge in [-0.15, -0.1) is 0 Å². The van der Waals surface area contributed by atoms with Crippen LogP contribution in [-0.4, -0.2) is 54.4 Å². The average Bonchev–Trinajstić information content (AvgIpc) is 3.33. The van der Waals surface area contributed by atoms with Gasteiger partial charge < -0.3 is 4.57 Å². The molecule has 1 fully saturated rings. The lowest BCUT2D eigenvalue weighted by atomic mass is 10.3. The van der Waals surface area contributed by atoms with Crippen LogP contribution in [0.3, 0.4) is 0 Å². The first-order chi connectivity index (χ1) is 12.4. The summed E-state index contributed by atoms with van der Waals surface area (Å²) >= 11 is 0. The number of hydrogen-bond donors (Lipinski definition) is 0. The molecule has 0 saturated heterocycles. The minimum absolute atomic E-state index is 0.297. The van der Waals surface area contributed by atoms with E-state index in [1.807, 2.05) is 6.07 Å². The second-order valence-electron chi connectivity index (χ2n) is 7.39. The molecule has 3 rings (SSSR count). The van der Waals surface area contributed by atoms with E-state index in [0.29, 0.717) is 4.90 Å². The highest BCUT2D eigenvalue weighted by molar-refractivity contribution is 7.89. The van der Waals surface area contributed by atoms with Crippen LogP contribution in [0.1, 0.15) is 38.9 Å². The zero-order valence-corrected chi connectivity index (χ0v) is 17.1. The molecule has 0 spiro atoms. The molecule has 0 aliphatic heterocycles. The molecule has 1 heterocycles. The standard InChI is InChI=1S/C19H30N4O2S/c1-5-11-22(13-15-7-8-15)14-19-20-17-12-16(26(24,25)21(3)4)9-10-18(17)23(19)6-2/h9-10,12,15H,5-8,11,13-14H2,1-4H3. The normalized spacial score (nSPS) is 15.5. The number of nitrogens with zero attached hydrogens (tertiary/aromatic N) is 4. The minimum atomic E-state index is -3.44. The maximum Gasteiger partial charge on any atom is 0.242 e. The first kappa shape index (κ1) is 19.3. The molecule has 1 aromatic carbocycles. The van der Waals surface area contributed by atoms with Crippen LogP contribution in [0.5, 0.6) is 0 Å². The molecule has 6 nitrogen and oxygen atoms in total. The van der Waals surface area contributed by atoms with Crippen LogP contribution in [0, 0.1) is 5.92 Å². The van der Waals surface area contributed by atoms with Crippen LogP contribution in [0.15, 0.2) is 23.1 Å². The van der Waals surface area contributed by atoms with Crippen molar-refractivity contribution >= 4 is 21.1 Å². The number of rotatable bonds is 9. The molecule has 26 heavy (non-hydrogen) atoms. The summed E-state index contributed by atoms with van der Waals surface area (Å²) in [4.78, 5) is 7.59. The molecule has 1 aliphatic carbocycles. The van der Waals surface area contributed by atoms with Gasteiger partial charge in [0.25, 0.3) is 0 Å². The summed E-state index contributed by atoms with van der Waals surface area (Å²) in [5.41, 5.74) is 1.76. The Balaban J connectivity index is 1.94. The van der Waals surface area contributed by atoms with Crippen molar-refractivity contribution in [3.05, 3.63) is 24.0 Å². The largest absolute Gasteiger partial charge is 0.327 e. The van der Waals surface area contributed by atoms with Gasteiger partial charge in [-0.3, -0.25) is 4.90 Å². The van der Waals surface area contributed by atoms with E-state index in [0.717, 1.165) is 55.4 Å². The highest BCUT2D eigenvalue weighted by Gasteiger charge is 2.25. The molecule has 2 aromatic rings. The van der Waals surface area contributed by atoms with Crippen molar-refractivity contribution in [3.63, 3.8) is 0 Å². The summed E-state index contributed by atoms with van der Waals surface area (Å²) in [5.74, 6) is 1.87. The van der Waals surface area contributed by atoms with E-state index in [-0.39, 0.29) is 0 Å². The molecule has 144 valence electrons. The van der Waals surface area contributed by atoms with Gasteiger partial charge >= 0.3 is 0 Å². The van der Waals surface area contributed by atoms with E-state index in [4.69, 9.17) is 4.98 Å². The van der Waals surface area contributed by atoms with Crippen LogP contribution < -0.4 is 0 Å². The second kappa shape index (κ2) is 7.66. The molecular weight excluding hydrogens is 348 g/mol. The Bertz CT molecular complexity index is 869. The molecule has 1 saturated carbocycles. The summed E-state index contributed by atoms with van der Waals surface area (Å²) in [6, 6.07) is 5.27. The van der Waals surface area contributed by atoms with Crippen molar-refractivity contribution in [1.29, 1.82) is 0 Å². The summed E-state index contributed by atoms with van der Waals surface area (Å²) in [6.07, 6.45) is 3.82. The van der Waals surface area contributed by atoms with Gasteiger partial charge in [0, 0.05) is 27.2 Å². The van der Waals surface area contributed by atoms with E-state index >= 15 is 0 Å². The van der Waals surface area contributed by atoms with Gasteiger partial charge in [-0.1, -0.05) is 6.92 Å². The zero-order chi connectivity index (χ0) is 18.9. The second-order valence-corrected chi connectivity index (χ2v) is 9.54. The van der Waals surface area contributed by atoms with E-state index < -0.39 is 10.0 Å². The van der Waals surface area contributed by atoms with E-state index in [1.54, 1.807) is 26.2 Å². The van der Waals surface area contributed by atoms with Crippen LogP contribution in [0.4, 0.5) is 0 Å². The third-order valence-electron chi connectivity index (χ3n) is 5.01. The fourth-order valence-corrected chi connectivity index (χ4v) is 4.34. The predicted molar refractivity (Wildman–Crippen MR) is 105 cm³/mol. The number of aryl methyl sites for hydroxylation is 1. The van der Waals surface area contributed by atoms with E-state index in [1.165, 1.54) is 17.1 Å². The number of hydrogen-bond acceptors (Lipinski definition) is 4. The number of aromatic nitrogens is 2. The highest BCUT2D eigenvalue weighted by atomic mass is 32.2. The Morgan fingerprint density at radius 2 is 1.96 bits per heavy atom. The summed E-state index contributed by atoms with van der Waals surface area (Å²) in [5, 5.41) is 0. The smallest absolute Gasteiger partial charge is 0.242 e. The van der Waals surface area contributed by atoms with Gasteiger partial charge in [0.1, 0.15) is 5.82 Å². The molecule has 1 aliphatic rings. The summed E-state index contributed by atoms with van der Waals surface area (Å²) in [6.45, 7) is 8.18. The van der Waals surface area contributed by atoms with Gasteiger partial charge in [0.05, 0.1) is 22.5 Å². The number of benzene rings is 1. The Morgan fingerprint density at radius 1 is 1.23 bits per heavy atom. The highest BCUT2D eigenvalue weighted by Crippen LogP contribution is 2.30. The van der Waals surface area contributed by atoms with Crippen molar-refractivity contribution in [2.75, 3.05) is 27.2 Å². The zero-order valence-electron chi connectivity index (χ0n) is 16.3. The Labute approximate surface area is 156 Å². The Kier molecular flexibility index (Phi) is 5.69. The maximum absolute atomic E-state index is 12.4. The van der Waals surface area contributed by atoms with Crippen LogP contribution in [0.2, 0.25) is 0 Å². The van der Waals surface area contributed by atoms with Crippen molar-refractivity contribution in [2.45, 2.75) is 51.1 Å². The quantitative estimate of drug-likeness (QED) is 0.673. The van der Waals surface area contributed by atoms with Gasteiger partial charge in [-0.05, 0) is 56.8 Å². The van der Waals surface area contributed by atoms with E-state index in [9.17, 15) is 8.42 Å². The first-order valence-corrected chi connectivity index (χ1v) is 10.9. The lowest BCUT2D eigenvalue weighted by molar-refractivity contribution is 0.246. The lowest BCUT2D eigenvalue weighted by Gasteiger charge is -2.21. The van der Waals surface area contributed by atoms with Crippen LogP contribution in [-0.2, 0) is 23.1 Å². The van der Waals surface area contributed by atoms with Gasteiger partial charge in [0.2, 0.25) is 10.0 Å². The Morgan fingerprint density at radius 3 is 2.54 bits per heavy atom. The van der Waals surface area contributed by atoms with Gasteiger partial charge in [0.15, 0.2) is 0 Å². The molecule has 0 N–H and O–H groups in total. The van der Waals surface area contributed by atoms with Crippen molar-refractivity contribution in [3.8, 4) is 0 Å². The van der Waals surface area contributed by atoms with Crippen LogP contribution >= 0.6 is 0 Å². The van der Waals surface area contributed by atoms with Crippen LogP contribution in [0.25, 0.3) is 11.0 Å². The minimum Gasteiger partial charge on any atom is -0.327 e. The molecule has 0 atom stereocenters. The number of fused-ring (bicyclic) bond motifs is 1. The predicted octanol–water partition coefficient (Wildman–Crippen LogP) is 2.93. The molecule has 7 heteroatoms. The SMILES string of the molecule is CCCN(Cc1nc2cc(S(=O)(=O)N(C)C)ccc2n1CC)CC1CC1. The fourth-order valence-electron chi connectivity index (χ4n) is 3.42. The topological polar surface area (TPSA) is 58.4 Å². The summed E-state index contributed by atoms with van der Waals surface area (Å²) < 4.78 is 28.3. The third kappa shape index (κ3) is 3.94. The van der Waals surface area contributed by atoms with Gasteiger partial charge in [-0.2, -0.15) is 0 Å². The molecule has 0 unspecified atom stereocenters. The molecule has 0 bridgehead atoms. The van der Waals surface area contributed by atoms with Crippen molar-refractivity contribution in [2.24, 2.45) is 5.92 Å². The lowest BCUT2D eigenvalue weighted by Crippen LogP contribution is -2.28. The molecular formula is C19H30N4O2S. The third-order valence-corrected chi connectivity index (χ3v) is 6.82. The fraction of sp³-hybridized carbons (Fsp3) is 0.632. The number of imidazole rings is 1. The molecule has 0 amide bonds. The van der Waals surface area contributed by atoms with Crippen molar-refractivity contribution < 1.29 is 8.42 Å². The Hall–Kier alpha value is -1.44. The van der Waals surface area contributed by atoms with Gasteiger partial charge in [-0.25, -0.2) is 17.7 Å². The molecule has 0 radical (unpaired) electrons.